The maximum atomic E-state index is 12.3. The molecule has 1 fully saturated rings. The molecule has 0 aliphatic carbocycles. The first-order valence-corrected chi connectivity index (χ1v) is 9.88. The van der Waals surface area contributed by atoms with Crippen LogP contribution in [-0.4, -0.2) is 35.9 Å². The van der Waals surface area contributed by atoms with Crippen LogP contribution in [0.2, 0.25) is 10.0 Å². The Kier molecular flexibility index (Phi) is 6.77. The number of halogens is 2. The van der Waals surface area contributed by atoms with Gasteiger partial charge in [0.15, 0.2) is 6.61 Å². The molecule has 2 aromatic carbocycles. The lowest BCUT2D eigenvalue weighted by molar-refractivity contribution is -0.385. The molecule has 1 atom stereocenters. The van der Waals surface area contributed by atoms with Gasteiger partial charge in [-0.25, -0.2) is 0 Å². The van der Waals surface area contributed by atoms with Gasteiger partial charge in [0.05, 0.1) is 26.6 Å². The Morgan fingerprint density at radius 1 is 1.23 bits per heavy atom. The molecule has 1 heterocycles. The number of nitro benzene ring substituents is 1. The van der Waals surface area contributed by atoms with E-state index >= 15 is 0 Å². The molecule has 0 saturated carbocycles. The molecular weight excluding hydrogens is 449 g/mol. The van der Waals surface area contributed by atoms with Gasteiger partial charge >= 0.3 is 5.97 Å². The van der Waals surface area contributed by atoms with Crippen molar-refractivity contribution in [3.8, 4) is 0 Å². The van der Waals surface area contributed by atoms with Crippen molar-refractivity contribution in [2.45, 2.75) is 13.3 Å². The van der Waals surface area contributed by atoms with Gasteiger partial charge in [-0.3, -0.25) is 24.5 Å². The SMILES string of the molecule is Cc1ccc(N2C[C@@H](C(=O)OCC(=O)Nc3ccc(Cl)c(Cl)c3)CC2=O)cc1[N+](=O)[O-]. The molecule has 1 saturated heterocycles. The second-order valence-electron chi connectivity index (χ2n) is 6.92. The van der Waals surface area contributed by atoms with Gasteiger partial charge in [0.25, 0.3) is 11.6 Å². The van der Waals surface area contributed by atoms with Gasteiger partial charge in [-0.1, -0.05) is 29.3 Å². The van der Waals surface area contributed by atoms with Crippen LogP contribution < -0.4 is 10.2 Å². The van der Waals surface area contributed by atoms with Crippen LogP contribution in [0.5, 0.6) is 0 Å². The van der Waals surface area contributed by atoms with Crippen LogP contribution in [0.15, 0.2) is 36.4 Å². The van der Waals surface area contributed by atoms with Crippen molar-refractivity contribution in [1.29, 1.82) is 0 Å². The number of esters is 1. The number of carbonyl (C=O) groups is 3. The lowest BCUT2D eigenvalue weighted by Gasteiger charge is -2.16. The normalized spacial score (nSPS) is 15.6. The number of rotatable bonds is 6. The van der Waals surface area contributed by atoms with Crippen molar-refractivity contribution in [2.24, 2.45) is 5.92 Å². The minimum absolute atomic E-state index is 0.00624. The largest absolute Gasteiger partial charge is 0.455 e. The third-order valence-corrected chi connectivity index (χ3v) is 5.45. The maximum Gasteiger partial charge on any atom is 0.311 e. The molecule has 0 bridgehead atoms. The van der Waals surface area contributed by atoms with Gasteiger partial charge in [0, 0.05) is 30.3 Å². The van der Waals surface area contributed by atoms with Gasteiger partial charge < -0.3 is 15.0 Å². The highest BCUT2D eigenvalue weighted by Crippen LogP contribution is 2.30. The van der Waals surface area contributed by atoms with E-state index in [1.54, 1.807) is 25.1 Å². The van der Waals surface area contributed by atoms with Crippen molar-refractivity contribution < 1.29 is 24.0 Å². The summed E-state index contributed by atoms with van der Waals surface area (Å²) in [4.78, 5) is 48.6. The number of nitrogens with one attached hydrogen (secondary N) is 1. The Bertz CT molecular complexity index is 1070. The van der Waals surface area contributed by atoms with Crippen LogP contribution >= 0.6 is 23.2 Å². The molecule has 1 aliphatic rings. The van der Waals surface area contributed by atoms with E-state index in [2.05, 4.69) is 5.32 Å². The van der Waals surface area contributed by atoms with E-state index in [0.29, 0.717) is 22.0 Å². The highest BCUT2D eigenvalue weighted by atomic mass is 35.5. The second-order valence-corrected chi connectivity index (χ2v) is 7.73. The van der Waals surface area contributed by atoms with Crippen molar-refractivity contribution in [3.05, 3.63) is 62.1 Å². The predicted molar refractivity (Wildman–Crippen MR) is 114 cm³/mol. The standard InChI is InChI=1S/C20H17Cl2N3O6/c1-11-2-4-14(8-17(11)25(29)30)24-9-12(6-19(24)27)20(28)31-10-18(26)23-13-3-5-15(21)16(22)7-13/h2-5,7-8,12H,6,9-10H2,1H3,(H,23,26)/t12-/m0/s1. The summed E-state index contributed by atoms with van der Waals surface area (Å²) in [6.45, 7) is 1.06. The van der Waals surface area contributed by atoms with E-state index in [0.717, 1.165) is 0 Å². The molecular formula is C20H17Cl2N3O6. The highest BCUT2D eigenvalue weighted by molar-refractivity contribution is 6.42. The number of benzene rings is 2. The van der Waals surface area contributed by atoms with Gasteiger partial charge in [-0.05, 0) is 31.2 Å². The number of nitro groups is 1. The Morgan fingerprint density at radius 2 is 1.97 bits per heavy atom. The summed E-state index contributed by atoms with van der Waals surface area (Å²) >= 11 is 11.7. The predicted octanol–water partition coefficient (Wildman–Crippen LogP) is 3.74. The van der Waals surface area contributed by atoms with Crippen molar-refractivity contribution in [3.63, 3.8) is 0 Å². The number of ether oxygens (including phenoxy) is 1. The highest BCUT2D eigenvalue weighted by Gasteiger charge is 2.37. The average molecular weight is 466 g/mol. The molecule has 3 rings (SSSR count). The molecule has 0 spiro atoms. The summed E-state index contributed by atoms with van der Waals surface area (Å²) in [6, 6.07) is 8.93. The fourth-order valence-electron chi connectivity index (χ4n) is 3.10. The van der Waals surface area contributed by atoms with Crippen LogP contribution in [0.4, 0.5) is 17.1 Å². The lowest BCUT2D eigenvalue weighted by atomic mass is 10.1. The Labute approximate surface area is 187 Å². The molecule has 0 aromatic heterocycles. The Morgan fingerprint density at radius 3 is 2.65 bits per heavy atom. The molecule has 1 N–H and O–H groups in total. The van der Waals surface area contributed by atoms with E-state index in [4.69, 9.17) is 27.9 Å². The van der Waals surface area contributed by atoms with Crippen LogP contribution in [0.1, 0.15) is 12.0 Å². The Hall–Kier alpha value is -3.17. The molecule has 0 radical (unpaired) electrons. The third kappa shape index (κ3) is 5.31. The van der Waals surface area contributed by atoms with Crippen LogP contribution in [-0.2, 0) is 19.1 Å². The molecule has 162 valence electrons. The summed E-state index contributed by atoms with van der Waals surface area (Å²) in [5.74, 6) is -2.44. The summed E-state index contributed by atoms with van der Waals surface area (Å²) in [5, 5.41) is 14.3. The molecule has 2 aromatic rings. The molecule has 1 aliphatic heterocycles. The zero-order valence-corrected chi connectivity index (χ0v) is 17.8. The number of anilines is 2. The van der Waals surface area contributed by atoms with E-state index < -0.39 is 29.3 Å². The van der Waals surface area contributed by atoms with Crippen LogP contribution in [0, 0.1) is 23.0 Å². The number of aryl methyl sites for hydroxylation is 1. The van der Waals surface area contributed by atoms with Gasteiger partial charge in [0.1, 0.15) is 0 Å². The number of amides is 2. The first-order valence-electron chi connectivity index (χ1n) is 9.12. The monoisotopic (exact) mass is 465 g/mol. The average Bonchev–Trinajstić information content (AvgIpc) is 3.11. The van der Waals surface area contributed by atoms with Crippen molar-refractivity contribution in [2.75, 3.05) is 23.4 Å². The third-order valence-electron chi connectivity index (χ3n) is 4.71. The summed E-state index contributed by atoms with van der Waals surface area (Å²) in [7, 11) is 0. The summed E-state index contributed by atoms with van der Waals surface area (Å²) in [6.07, 6.45) is -0.116. The molecule has 2 amide bonds. The Balaban J connectivity index is 1.57. The van der Waals surface area contributed by atoms with Gasteiger partial charge in [0.2, 0.25) is 5.91 Å². The number of hydrogen-bond donors (Lipinski definition) is 1. The zero-order valence-electron chi connectivity index (χ0n) is 16.3. The van der Waals surface area contributed by atoms with E-state index in [-0.39, 0.29) is 29.6 Å². The number of hydrogen-bond acceptors (Lipinski definition) is 6. The smallest absolute Gasteiger partial charge is 0.311 e. The number of carbonyl (C=O) groups excluding carboxylic acids is 3. The summed E-state index contributed by atoms with van der Waals surface area (Å²) in [5.41, 5.74) is 1.06. The first kappa shape index (κ1) is 22.5. The number of nitrogens with zero attached hydrogens (tertiary/aromatic N) is 2. The van der Waals surface area contributed by atoms with E-state index in [1.165, 1.54) is 23.1 Å². The van der Waals surface area contributed by atoms with Gasteiger partial charge in [-0.2, -0.15) is 0 Å². The zero-order chi connectivity index (χ0) is 22.7. The lowest BCUT2D eigenvalue weighted by Crippen LogP contribution is -2.28. The molecule has 0 unspecified atom stereocenters. The fraction of sp³-hybridized carbons (Fsp3) is 0.250. The molecule has 11 heteroatoms. The summed E-state index contributed by atoms with van der Waals surface area (Å²) < 4.78 is 5.03. The second kappa shape index (κ2) is 9.32. The molecule has 31 heavy (non-hydrogen) atoms. The minimum Gasteiger partial charge on any atom is -0.455 e. The topological polar surface area (TPSA) is 119 Å². The minimum atomic E-state index is -0.786. The van der Waals surface area contributed by atoms with Gasteiger partial charge in [-0.15, -0.1) is 0 Å². The first-order chi connectivity index (χ1) is 14.7. The molecule has 9 nitrogen and oxygen atoms in total. The van der Waals surface area contributed by atoms with Crippen LogP contribution in [0.3, 0.4) is 0 Å². The maximum absolute atomic E-state index is 12.3. The quantitative estimate of drug-likeness (QED) is 0.394. The van der Waals surface area contributed by atoms with E-state index in [9.17, 15) is 24.5 Å². The fourth-order valence-corrected chi connectivity index (χ4v) is 3.40. The van der Waals surface area contributed by atoms with Crippen molar-refractivity contribution in [1.82, 2.24) is 0 Å². The van der Waals surface area contributed by atoms with E-state index in [1.807, 2.05) is 0 Å². The van der Waals surface area contributed by atoms with Crippen LogP contribution in [0.25, 0.3) is 0 Å². The van der Waals surface area contributed by atoms with Crippen molar-refractivity contribution >= 4 is 58.0 Å².